The molecule has 1 saturated carbocycles. The van der Waals surface area contributed by atoms with E-state index in [-0.39, 0.29) is 35.6 Å². The number of hydrogen-bond acceptors (Lipinski definition) is 9. The molecule has 0 radical (unpaired) electrons. The van der Waals surface area contributed by atoms with Crippen LogP contribution in [0.15, 0.2) is 40.3 Å². The molecule has 206 valence electrons. The van der Waals surface area contributed by atoms with E-state index in [4.69, 9.17) is 14.3 Å². The first-order chi connectivity index (χ1) is 19.1. The number of aromatic nitrogens is 2. The number of rotatable bonds is 5. The summed E-state index contributed by atoms with van der Waals surface area (Å²) >= 11 is 0. The predicted molar refractivity (Wildman–Crippen MR) is 151 cm³/mol. The van der Waals surface area contributed by atoms with E-state index in [1.54, 1.807) is 19.2 Å². The first kappa shape index (κ1) is 27.0. The standard InChI is InChI=1S/C30H32N6O4/c1-30(2,3)40-34-26(19-8-13-24-25(14-19)39-17-38-24)18-6-10-21(11-7-18)35(4)28-22(16-32)29(37)36(5)23-12-9-20(15-31)33-27(23)28/h8-9,12-14,18,21H,6-7,10-11,17H2,1-5H3/b34-26+/t18-,21+. The Morgan fingerprint density at radius 2 is 1.82 bits per heavy atom. The molecule has 2 aromatic heterocycles. The van der Waals surface area contributed by atoms with Crippen molar-refractivity contribution in [3.63, 3.8) is 0 Å². The van der Waals surface area contributed by atoms with Crippen LogP contribution in [0.2, 0.25) is 0 Å². The summed E-state index contributed by atoms with van der Waals surface area (Å²) in [6.07, 6.45) is 3.27. The maximum Gasteiger partial charge on any atom is 0.270 e. The first-order valence-electron chi connectivity index (χ1n) is 13.3. The number of nitriles is 2. The van der Waals surface area contributed by atoms with Gasteiger partial charge in [0.05, 0.1) is 16.9 Å². The van der Waals surface area contributed by atoms with Gasteiger partial charge in [-0.2, -0.15) is 10.5 Å². The lowest BCUT2D eigenvalue weighted by atomic mass is 9.80. The lowest BCUT2D eigenvalue weighted by Crippen LogP contribution is -2.39. The number of nitrogens with zero attached hydrogens (tertiary/aromatic N) is 6. The highest BCUT2D eigenvalue weighted by Gasteiger charge is 2.32. The molecule has 0 N–H and O–H groups in total. The average molecular weight is 541 g/mol. The molecule has 1 fully saturated rings. The van der Waals surface area contributed by atoms with Gasteiger partial charge in [0.2, 0.25) is 6.79 Å². The van der Waals surface area contributed by atoms with Gasteiger partial charge in [-0.3, -0.25) is 4.79 Å². The van der Waals surface area contributed by atoms with Crippen molar-refractivity contribution < 1.29 is 14.3 Å². The van der Waals surface area contributed by atoms with E-state index in [1.807, 2.05) is 50.9 Å². The summed E-state index contributed by atoms with van der Waals surface area (Å²) in [5.74, 6) is 1.56. The van der Waals surface area contributed by atoms with Crippen LogP contribution in [-0.2, 0) is 11.9 Å². The summed E-state index contributed by atoms with van der Waals surface area (Å²) in [6, 6.07) is 13.4. The van der Waals surface area contributed by atoms with Crippen LogP contribution >= 0.6 is 0 Å². The van der Waals surface area contributed by atoms with Crippen molar-refractivity contribution in [2.75, 3.05) is 18.7 Å². The summed E-state index contributed by atoms with van der Waals surface area (Å²) < 4.78 is 12.5. The highest BCUT2D eigenvalue weighted by Crippen LogP contribution is 2.38. The number of hydrogen-bond donors (Lipinski definition) is 0. The van der Waals surface area contributed by atoms with Gasteiger partial charge in [-0.25, -0.2) is 4.98 Å². The van der Waals surface area contributed by atoms with Gasteiger partial charge in [0.1, 0.15) is 34.5 Å². The molecule has 0 spiro atoms. The Morgan fingerprint density at radius 3 is 2.50 bits per heavy atom. The number of benzene rings is 1. The minimum Gasteiger partial charge on any atom is -0.454 e. The zero-order chi connectivity index (χ0) is 28.6. The van der Waals surface area contributed by atoms with Crippen LogP contribution in [0.1, 0.15) is 63.3 Å². The van der Waals surface area contributed by atoms with Crippen LogP contribution in [0.3, 0.4) is 0 Å². The average Bonchev–Trinajstić information content (AvgIpc) is 3.42. The summed E-state index contributed by atoms with van der Waals surface area (Å²) in [7, 11) is 3.52. The smallest absolute Gasteiger partial charge is 0.270 e. The van der Waals surface area contributed by atoms with Crippen molar-refractivity contribution in [2.45, 2.75) is 58.1 Å². The van der Waals surface area contributed by atoms with Gasteiger partial charge in [0.25, 0.3) is 5.56 Å². The largest absolute Gasteiger partial charge is 0.454 e. The van der Waals surface area contributed by atoms with Gasteiger partial charge in [0.15, 0.2) is 11.5 Å². The van der Waals surface area contributed by atoms with E-state index in [0.717, 1.165) is 37.0 Å². The van der Waals surface area contributed by atoms with Crippen LogP contribution in [0, 0.1) is 28.6 Å². The lowest BCUT2D eigenvalue weighted by Gasteiger charge is -2.37. The number of pyridine rings is 2. The molecular formula is C30H32N6O4. The molecule has 40 heavy (non-hydrogen) atoms. The molecule has 2 aliphatic rings. The van der Waals surface area contributed by atoms with Gasteiger partial charge < -0.3 is 23.8 Å². The SMILES string of the molecule is Cn1c(=O)c(C#N)c(N(C)[C@H]2CC[C@@H](/C(=N\OC(C)(C)C)c3ccc4c(c3)OCO4)CC2)c2nc(C#N)ccc21. The van der Waals surface area contributed by atoms with E-state index < -0.39 is 5.60 Å². The molecule has 3 aromatic rings. The monoisotopic (exact) mass is 540 g/mol. The molecule has 0 atom stereocenters. The van der Waals surface area contributed by atoms with Crippen LogP contribution in [0.25, 0.3) is 11.0 Å². The van der Waals surface area contributed by atoms with Crippen LogP contribution in [0.4, 0.5) is 5.69 Å². The number of aryl methyl sites for hydroxylation is 1. The fourth-order valence-corrected chi connectivity index (χ4v) is 5.42. The molecule has 5 rings (SSSR count). The van der Waals surface area contributed by atoms with Gasteiger partial charge >= 0.3 is 0 Å². The molecule has 0 bridgehead atoms. The Kier molecular flexibility index (Phi) is 7.12. The Bertz CT molecular complexity index is 1630. The van der Waals surface area contributed by atoms with Crippen LogP contribution in [0.5, 0.6) is 11.5 Å². The van der Waals surface area contributed by atoms with Gasteiger partial charge in [-0.15, -0.1) is 0 Å². The first-order valence-corrected chi connectivity index (χ1v) is 13.3. The highest BCUT2D eigenvalue weighted by molar-refractivity contribution is 6.02. The van der Waals surface area contributed by atoms with Gasteiger partial charge in [-0.1, -0.05) is 5.16 Å². The molecule has 10 nitrogen and oxygen atoms in total. The Balaban J connectivity index is 1.45. The maximum absolute atomic E-state index is 13.1. The second-order valence-electron chi connectivity index (χ2n) is 11.2. The summed E-state index contributed by atoms with van der Waals surface area (Å²) in [5, 5.41) is 24.0. The number of anilines is 1. The Labute approximate surface area is 233 Å². The minimum absolute atomic E-state index is 0.0309. The number of fused-ring (bicyclic) bond motifs is 2. The quantitative estimate of drug-likeness (QED) is 0.339. The van der Waals surface area contributed by atoms with Crippen molar-refractivity contribution in [3.05, 3.63) is 57.5 Å². The van der Waals surface area contributed by atoms with Crippen molar-refractivity contribution in [3.8, 4) is 23.6 Å². The molecule has 3 heterocycles. The predicted octanol–water partition coefficient (Wildman–Crippen LogP) is 4.62. The fourth-order valence-electron chi connectivity index (χ4n) is 5.42. The maximum atomic E-state index is 13.1. The van der Waals surface area contributed by atoms with Gasteiger partial charge in [0, 0.05) is 31.6 Å². The molecular weight excluding hydrogens is 508 g/mol. The summed E-state index contributed by atoms with van der Waals surface area (Å²) in [6.45, 7) is 6.10. The van der Waals surface area contributed by atoms with Crippen molar-refractivity contribution >= 4 is 22.4 Å². The lowest BCUT2D eigenvalue weighted by molar-refractivity contribution is -0.0000295. The van der Waals surface area contributed by atoms with Crippen molar-refractivity contribution in [2.24, 2.45) is 18.1 Å². The second kappa shape index (κ2) is 10.5. The molecule has 1 aromatic carbocycles. The Hall–Kier alpha value is -4.57. The summed E-state index contributed by atoms with van der Waals surface area (Å²) in [4.78, 5) is 25.5. The Morgan fingerprint density at radius 1 is 1.10 bits per heavy atom. The van der Waals surface area contributed by atoms with E-state index in [0.29, 0.717) is 28.2 Å². The molecule has 0 unspecified atom stereocenters. The molecule has 0 saturated heterocycles. The number of ether oxygens (including phenoxy) is 2. The molecule has 10 heteroatoms. The van der Waals surface area contributed by atoms with Crippen LogP contribution < -0.4 is 19.9 Å². The van der Waals surface area contributed by atoms with E-state index >= 15 is 0 Å². The summed E-state index contributed by atoms with van der Waals surface area (Å²) in [5.41, 5.74) is 2.77. The zero-order valence-electron chi connectivity index (χ0n) is 23.4. The zero-order valence-corrected chi connectivity index (χ0v) is 23.4. The fraction of sp³-hybridized carbons (Fsp3) is 0.433. The van der Waals surface area contributed by atoms with E-state index in [1.165, 1.54) is 4.57 Å². The van der Waals surface area contributed by atoms with E-state index in [9.17, 15) is 15.3 Å². The third kappa shape index (κ3) is 5.05. The van der Waals surface area contributed by atoms with Crippen molar-refractivity contribution in [1.29, 1.82) is 10.5 Å². The van der Waals surface area contributed by atoms with Crippen LogP contribution in [-0.4, -0.2) is 40.7 Å². The third-order valence-corrected chi connectivity index (χ3v) is 7.51. The second-order valence-corrected chi connectivity index (χ2v) is 11.2. The van der Waals surface area contributed by atoms with Gasteiger partial charge in [-0.05, 0) is 76.8 Å². The number of oxime groups is 1. The normalized spacial score (nSPS) is 18.7. The minimum atomic E-state index is -0.442. The molecule has 1 aliphatic carbocycles. The molecule has 0 amide bonds. The third-order valence-electron chi connectivity index (χ3n) is 7.51. The molecule has 1 aliphatic heterocycles. The van der Waals surface area contributed by atoms with Crippen molar-refractivity contribution in [1.82, 2.24) is 9.55 Å². The highest BCUT2D eigenvalue weighted by atomic mass is 16.7. The topological polar surface area (TPSA) is 126 Å². The van der Waals surface area contributed by atoms with E-state index in [2.05, 4.69) is 22.3 Å².